The van der Waals surface area contributed by atoms with Crippen molar-refractivity contribution in [2.45, 2.75) is 18.4 Å². The first-order valence-electron chi connectivity index (χ1n) is 5.50. The lowest BCUT2D eigenvalue weighted by atomic mass is 10.3. The Morgan fingerprint density at radius 1 is 1.25 bits per heavy atom. The van der Waals surface area contributed by atoms with Crippen LogP contribution in [0.25, 0.3) is 0 Å². The lowest BCUT2D eigenvalue weighted by Gasteiger charge is -2.10. The predicted molar refractivity (Wildman–Crippen MR) is 82.2 cm³/mol. The van der Waals surface area contributed by atoms with Crippen molar-refractivity contribution in [1.29, 1.82) is 0 Å². The van der Waals surface area contributed by atoms with Crippen LogP contribution in [0.2, 0.25) is 10.0 Å². The number of aryl methyl sites for hydroxylation is 1. The first kappa shape index (κ1) is 15.6. The van der Waals surface area contributed by atoms with Gasteiger partial charge in [0.25, 0.3) is 10.0 Å². The number of hydrogen-bond donors (Lipinski definition) is 2. The van der Waals surface area contributed by atoms with Crippen molar-refractivity contribution in [3.63, 3.8) is 0 Å². The van der Waals surface area contributed by atoms with E-state index in [1.54, 1.807) is 12.3 Å². The Morgan fingerprint density at radius 2 is 1.85 bits per heavy atom. The molecule has 1 aromatic heterocycles. The summed E-state index contributed by atoms with van der Waals surface area (Å²) >= 11 is 12.9. The number of aliphatic hydroxyl groups excluding tert-OH is 1. The second kappa shape index (κ2) is 5.91. The summed E-state index contributed by atoms with van der Waals surface area (Å²) in [5.41, 5.74) is 0.858. The van der Waals surface area contributed by atoms with Gasteiger partial charge in [0.1, 0.15) is 4.90 Å². The molecule has 0 aliphatic rings. The summed E-state index contributed by atoms with van der Waals surface area (Å²) in [6.45, 7) is 1.35. The molecule has 0 saturated heterocycles. The number of benzene rings is 1. The lowest BCUT2D eigenvalue weighted by Crippen LogP contribution is -2.15. The molecule has 4 nitrogen and oxygen atoms in total. The Bertz CT molecular complexity index is 721. The quantitative estimate of drug-likeness (QED) is 0.883. The molecule has 108 valence electrons. The molecule has 2 aromatic rings. The van der Waals surface area contributed by atoms with Gasteiger partial charge in [-0.25, -0.2) is 8.42 Å². The van der Waals surface area contributed by atoms with Gasteiger partial charge in [0, 0.05) is 10.0 Å². The molecular weight excluding hydrogens is 341 g/mol. The molecule has 1 heterocycles. The average molecular weight is 352 g/mol. The minimum Gasteiger partial charge on any atom is -0.391 e. The van der Waals surface area contributed by atoms with E-state index < -0.39 is 10.0 Å². The topological polar surface area (TPSA) is 66.4 Å². The molecule has 0 bridgehead atoms. The number of hydrogen-bond acceptors (Lipinski definition) is 4. The molecule has 0 spiro atoms. The van der Waals surface area contributed by atoms with Gasteiger partial charge >= 0.3 is 0 Å². The fraction of sp³-hybridized carbons (Fsp3) is 0.167. The fourth-order valence-electron chi connectivity index (χ4n) is 1.78. The molecule has 0 aliphatic heterocycles. The first-order chi connectivity index (χ1) is 9.33. The maximum absolute atomic E-state index is 12.4. The molecule has 0 atom stereocenters. The van der Waals surface area contributed by atoms with E-state index in [0.29, 0.717) is 20.5 Å². The number of halogens is 2. The third-order valence-corrected chi connectivity index (χ3v) is 5.78. The zero-order valence-electron chi connectivity index (χ0n) is 10.4. The molecule has 2 N–H and O–H groups in total. The largest absolute Gasteiger partial charge is 0.391 e. The number of thiophene rings is 1. The molecule has 0 radical (unpaired) electrons. The van der Waals surface area contributed by atoms with Crippen LogP contribution in [-0.2, 0) is 16.6 Å². The highest BCUT2D eigenvalue weighted by molar-refractivity contribution is 7.93. The molecule has 0 unspecified atom stereocenters. The molecule has 8 heteroatoms. The monoisotopic (exact) mass is 351 g/mol. The van der Waals surface area contributed by atoms with Crippen LogP contribution < -0.4 is 4.72 Å². The Labute approximate surface area is 131 Å². The molecule has 1 aromatic carbocycles. The molecular formula is C12H11Cl2NO3S2. The van der Waals surface area contributed by atoms with Crippen molar-refractivity contribution < 1.29 is 13.5 Å². The molecule has 2 rings (SSSR count). The summed E-state index contributed by atoms with van der Waals surface area (Å²) in [5.74, 6) is 0. The normalized spacial score (nSPS) is 11.6. The van der Waals surface area contributed by atoms with E-state index >= 15 is 0 Å². The van der Waals surface area contributed by atoms with E-state index in [1.165, 1.54) is 29.5 Å². The number of sulfonamides is 1. The van der Waals surface area contributed by atoms with Crippen molar-refractivity contribution in [3.05, 3.63) is 44.1 Å². The summed E-state index contributed by atoms with van der Waals surface area (Å²) in [5, 5.41) is 11.6. The number of rotatable bonds is 4. The van der Waals surface area contributed by atoms with Gasteiger partial charge in [0.15, 0.2) is 0 Å². The van der Waals surface area contributed by atoms with Crippen LogP contribution in [0.5, 0.6) is 0 Å². The lowest BCUT2D eigenvalue weighted by molar-refractivity contribution is 0.282. The third-order valence-electron chi connectivity index (χ3n) is 2.52. The zero-order valence-corrected chi connectivity index (χ0v) is 13.5. The van der Waals surface area contributed by atoms with Crippen LogP contribution in [0.1, 0.15) is 10.4 Å². The van der Waals surface area contributed by atoms with E-state index in [2.05, 4.69) is 4.72 Å². The number of anilines is 1. The highest BCUT2D eigenvalue weighted by Crippen LogP contribution is 2.30. The summed E-state index contributed by atoms with van der Waals surface area (Å²) in [4.78, 5) is 0.490. The van der Waals surface area contributed by atoms with E-state index in [0.717, 1.165) is 0 Å². The van der Waals surface area contributed by atoms with Crippen LogP contribution in [0.3, 0.4) is 0 Å². The van der Waals surface area contributed by atoms with Gasteiger partial charge in [0.05, 0.1) is 17.2 Å². The van der Waals surface area contributed by atoms with Crippen LogP contribution in [0.4, 0.5) is 5.69 Å². The van der Waals surface area contributed by atoms with Crippen LogP contribution in [0.15, 0.2) is 28.5 Å². The maximum atomic E-state index is 12.4. The van der Waals surface area contributed by atoms with Crippen molar-refractivity contribution in [3.8, 4) is 0 Å². The minimum absolute atomic E-state index is 0.0982. The summed E-state index contributed by atoms with van der Waals surface area (Å²) in [6.07, 6.45) is 0. The Hall–Kier alpha value is -0.790. The van der Waals surface area contributed by atoms with Gasteiger partial charge in [-0.2, -0.15) is 0 Å². The van der Waals surface area contributed by atoms with Gasteiger partial charge in [-0.1, -0.05) is 23.2 Å². The van der Waals surface area contributed by atoms with Crippen LogP contribution in [-0.4, -0.2) is 13.5 Å². The summed E-state index contributed by atoms with van der Waals surface area (Å²) in [7, 11) is -3.79. The standard InChI is InChI=1S/C12H11Cl2NO3S2/c1-7-6-19-11(5-16)12(7)20(17,18)15-10-3-8(13)2-9(14)4-10/h2-4,6,15-16H,5H2,1H3. The van der Waals surface area contributed by atoms with Gasteiger partial charge in [-0.15, -0.1) is 11.3 Å². The Kier molecular flexibility index (Phi) is 4.61. The van der Waals surface area contributed by atoms with Crippen molar-refractivity contribution in [2.75, 3.05) is 4.72 Å². The van der Waals surface area contributed by atoms with E-state index in [9.17, 15) is 13.5 Å². The van der Waals surface area contributed by atoms with Crippen molar-refractivity contribution in [2.24, 2.45) is 0 Å². The smallest absolute Gasteiger partial charge is 0.263 e. The third kappa shape index (κ3) is 3.27. The van der Waals surface area contributed by atoms with E-state index in [1.807, 2.05) is 0 Å². The SMILES string of the molecule is Cc1csc(CO)c1S(=O)(=O)Nc1cc(Cl)cc(Cl)c1. The Balaban J connectivity index is 2.43. The van der Waals surface area contributed by atoms with Crippen LogP contribution >= 0.6 is 34.5 Å². The van der Waals surface area contributed by atoms with Crippen molar-refractivity contribution in [1.82, 2.24) is 0 Å². The van der Waals surface area contributed by atoms with Gasteiger partial charge in [-0.3, -0.25) is 4.72 Å². The number of nitrogens with one attached hydrogen (secondary N) is 1. The van der Waals surface area contributed by atoms with E-state index in [-0.39, 0.29) is 17.2 Å². The maximum Gasteiger partial charge on any atom is 0.263 e. The predicted octanol–water partition coefficient (Wildman–Crippen LogP) is 3.66. The average Bonchev–Trinajstić information content (AvgIpc) is 2.69. The molecule has 0 saturated carbocycles. The van der Waals surface area contributed by atoms with Gasteiger partial charge < -0.3 is 5.11 Å². The molecule has 20 heavy (non-hydrogen) atoms. The summed E-state index contributed by atoms with van der Waals surface area (Å²) in [6, 6.07) is 4.44. The van der Waals surface area contributed by atoms with Crippen LogP contribution in [0, 0.1) is 6.92 Å². The molecule has 0 fully saturated rings. The highest BCUT2D eigenvalue weighted by Gasteiger charge is 2.23. The fourth-order valence-corrected chi connectivity index (χ4v) is 5.01. The highest BCUT2D eigenvalue weighted by atomic mass is 35.5. The molecule has 0 amide bonds. The van der Waals surface area contributed by atoms with E-state index in [4.69, 9.17) is 23.2 Å². The Morgan fingerprint density at radius 3 is 2.40 bits per heavy atom. The molecule has 0 aliphatic carbocycles. The van der Waals surface area contributed by atoms with Crippen molar-refractivity contribution >= 4 is 50.2 Å². The first-order valence-corrected chi connectivity index (χ1v) is 8.62. The second-order valence-corrected chi connectivity index (χ2v) is 7.55. The number of aliphatic hydroxyl groups is 1. The second-order valence-electron chi connectivity index (χ2n) is 4.09. The van der Waals surface area contributed by atoms with Gasteiger partial charge in [0.2, 0.25) is 0 Å². The minimum atomic E-state index is -3.79. The zero-order chi connectivity index (χ0) is 14.9. The van der Waals surface area contributed by atoms with Gasteiger partial charge in [-0.05, 0) is 36.1 Å². The summed E-state index contributed by atoms with van der Waals surface area (Å²) < 4.78 is 27.2.